The lowest BCUT2D eigenvalue weighted by atomic mass is 9.74. The Morgan fingerprint density at radius 2 is 1.58 bits per heavy atom. The minimum atomic E-state index is -1.05. The van der Waals surface area contributed by atoms with E-state index in [4.69, 9.17) is 4.74 Å². The number of carbonyl (C=O) groups excluding carboxylic acids is 3. The number of anilines is 2. The van der Waals surface area contributed by atoms with Gasteiger partial charge in [0.2, 0.25) is 11.8 Å². The molecule has 7 rings (SSSR count). The normalized spacial score (nSPS) is 28.6. The molecule has 9 heteroatoms. The van der Waals surface area contributed by atoms with Crippen LogP contribution in [0.3, 0.4) is 0 Å². The lowest BCUT2D eigenvalue weighted by molar-refractivity contribution is -0.142. The Bertz CT molecular complexity index is 1810. The first kappa shape index (κ1) is 32.2. The Labute approximate surface area is 286 Å². The zero-order valence-electron chi connectivity index (χ0n) is 27.7. The summed E-state index contributed by atoms with van der Waals surface area (Å²) < 4.78 is 3.82. The van der Waals surface area contributed by atoms with Crippen LogP contribution in [-0.4, -0.2) is 69.6 Å². The van der Waals surface area contributed by atoms with Gasteiger partial charge < -0.3 is 24.5 Å². The minimum absolute atomic E-state index is 0.160. The third-order valence-electron chi connectivity index (χ3n) is 10.3. The van der Waals surface area contributed by atoms with Crippen LogP contribution < -0.4 is 14.5 Å². The third-order valence-corrected chi connectivity index (χ3v) is 12.1. The van der Waals surface area contributed by atoms with Crippen LogP contribution in [0.2, 0.25) is 0 Å². The van der Waals surface area contributed by atoms with E-state index in [1.165, 1.54) is 0 Å². The van der Waals surface area contributed by atoms with Gasteiger partial charge in [-0.15, -0.1) is 11.8 Å². The molecule has 1 spiro atoms. The standard InChI is InChI=1S/C39H41N3O5S/c1-5-47-29-17-15-28(16-18-29)40-21-9-19-38(4)32(35(40)44)33-36(45)42(31(24-43)27-11-7-6-8-12-27)34-37(46)41(22-10-20-39(33,34)48-38)30-23-25(2)13-14-26(30)3/h6-20,23,31-34,43H,5,21-22,24H2,1-4H3/t31-,32+,33+,34?,38-,39+/m1/s1. The second-order valence-corrected chi connectivity index (χ2v) is 15.1. The second-order valence-electron chi connectivity index (χ2n) is 13.3. The van der Waals surface area contributed by atoms with Crippen molar-refractivity contribution in [1.82, 2.24) is 4.90 Å². The predicted octanol–water partition coefficient (Wildman–Crippen LogP) is 5.63. The SMILES string of the molecule is CCOc1ccc(N2CC=C[C@@]3(C)S[C@]45C=CCN(c6cc(C)ccc6C)C(=O)C4N([C@H](CO)c4ccccc4)C(=O)[C@@H]5[C@H]3C2=O)cc1. The van der Waals surface area contributed by atoms with E-state index in [1.807, 2.05) is 119 Å². The highest BCUT2D eigenvalue weighted by Crippen LogP contribution is 2.66. The van der Waals surface area contributed by atoms with Crippen LogP contribution in [0.25, 0.3) is 0 Å². The number of hydrogen-bond acceptors (Lipinski definition) is 6. The number of hydrogen-bond donors (Lipinski definition) is 1. The van der Waals surface area contributed by atoms with Crippen LogP contribution in [0.15, 0.2) is 97.1 Å². The van der Waals surface area contributed by atoms with Crippen molar-refractivity contribution in [3.05, 3.63) is 114 Å². The Kier molecular flexibility index (Phi) is 8.24. The second kappa shape index (κ2) is 12.3. The van der Waals surface area contributed by atoms with Gasteiger partial charge in [-0.1, -0.05) is 66.8 Å². The highest BCUT2D eigenvalue weighted by molar-refractivity contribution is 8.02. The fourth-order valence-corrected chi connectivity index (χ4v) is 10.3. The van der Waals surface area contributed by atoms with E-state index in [1.54, 1.807) is 26.5 Å². The summed E-state index contributed by atoms with van der Waals surface area (Å²) in [7, 11) is 0. The van der Waals surface area contributed by atoms with Crippen molar-refractivity contribution < 1.29 is 24.2 Å². The van der Waals surface area contributed by atoms with Crippen LogP contribution in [-0.2, 0) is 14.4 Å². The summed E-state index contributed by atoms with van der Waals surface area (Å²) in [6, 6.07) is 21.1. The zero-order valence-corrected chi connectivity index (χ0v) is 28.5. The lowest BCUT2D eigenvalue weighted by Gasteiger charge is -2.40. The zero-order chi connectivity index (χ0) is 33.8. The molecule has 248 valence electrons. The van der Waals surface area contributed by atoms with Crippen molar-refractivity contribution in [3.63, 3.8) is 0 Å². The monoisotopic (exact) mass is 663 g/mol. The number of likely N-dealkylation sites (tertiary alicyclic amines) is 1. The average Bonchev–Trinajstić information content (AvgIpc) is 3.35. The van der Waals surface area contributed by atoms with Gasteiger partial charge in [0.05, 0.1) is 35.8 Å². The van der Waals surface area contributed by atoms with Crippen molar-refractivity contribution in [1.29, 1.82) is 0 Å². The molecule has 0 aromatic heterocycles. The smallest absolute Gasteiger partial charge is 0.251 e. The van der Waals surface area contributed by atoms with Crippen molar-refractivity contribution in [2.75, 3.05) is 36.1 Å². The van der Waals surface area contributed by atoms with E-state index in [0.29, 0.717) is 25.4 Å². The van der Waals surface area contributed by atoms with Crippen molar-refractivity contribution in [3.8, 4) is 5.75 Å². The number of amides is 3. The number of ether oxygens (including phenoxy) is 1. The molecule has 3 amide bonds. The van der Waals surface area contributed by atoms with E-state index >= 15 is 9.59 Å². The number of aliphatic hydroxyl groups excluding tert-OH is 1. The van der Waals surface area contributed by atoms with Gasteiger partial charge in [0.15, 0.2) is 0 Å². The van der Waals surface area contributed by atoms with Crippen molar-refractivity contribution in [2.24, 2.45) is 11.8 Å². The molecule has 6 atom stereocenters. The van der Waals surface area contributed by atoms with Crippen LogP contribution in [0, 0.1) is 25.7 Å². The molecule has 4 aliphatic rings. The van der Waals surface area contributed by atoms with Crippen LogP contribution in [0.5, 0.6) is 5.75 Å². The number of thioether (sulfide) groups is 1. The summed E-state index contributed by atoms with van der Waals surface area (Å²) in [5.41, 5.74) is 4.22. The molecule has 0 radical (unpaired) electrons. The topological polar surface area (TPSA) is 90.4 Å². The maximum atomic E-state index is 15.1. The maximum Gasteiger partial charge on any atom is 0.251 e. The summed E-state index contributed by atoms with van der Waals surface area (Å²) in [5.74, 6) is -1.55. The molecule has 0 saturated carbocycles. The fourth-order valence-electron chi connectivity index (χ4n) is 8.17. The fraction of sp³-hybridized carbons (Fsp3) is 0.359. The molecule has 2 saturated heterocycles. The quantitative estimate of drug-likeness (QED) is 0.330. The summed E-state index contributed by atoms with van der Waals surface area (Å²) in [4.78, 5) is 50.2. The molecule has 1 N–H and O–H groups in total. The number of aryl methyl sites for hydroxylation is 2. The molecule has 48 heavy (non-hydrogen) atoms. The Balaban J connectivity index is 1.37. The first-order chi connectivity index (χ1) is 23.1. The molecule has 4 aliphatic heterocycles. The summed E-state index contributed by atoms with van der Waals surface area (Å²) in [5, 5.41) is 10.9. The van der Waals surface area contributed by atoms with Crippen LogP contribution in [0.1, 0.15) is 36.6 Å². The van der Waals surface area contributed by atoms with Gasteiger partial charge >= 0.3 is 0 Å². The van der Waals surface area contributed by atoms with E-state index < -0.39 is 33.4 Å². The molecule has 8 nitrogen and oxygen atoms in total. The lowest BCUT2D eigenvalue weighted by Crippen LogP contribution is -2.54. The Morgan fingerprint density at radius 1 is 0.875 bits per heavy atom. The minimum Gasteiger partial charge on any atom is -0.494 e. The van der Waals surface area contributed by atoms with Crippen LogP contribution in [0.4, 0.5) is 11.4 Å². The van der Waals surface area contributed by atoms with E-state index in [0.717, 1.165) is 28.1 Å². The van der Waals surface area contributed by atoms with Crippen molar-refractivity contribution >= 4 is 40.9 Å². The number of fused-ring (bicyclic) bond motifs is 2. The van der Waals surface area contributed by atoms with Gasteiger partial charge in [-0.05, 0) is 74.7 Å². The highest BCUT2D eigenvalue weighted by atomic mass is 32.2. The largest absolute Gasteiger partial charge is 0.494 e. The molecule has 0 bridgehead atoms. The van der Waals surface area contributed by atoms with Gasteiger partial charge in [0.1, 0.15) is 11.8 Å². The van der Waals surface area contributed by atoms with E-state index in [-0.39, 0.29) is 24.3 Å². The van der Waals surface area contributed by atoms with Crippen LogP contribution >= 0.6 is 11.8 Å². The maximum absolute atomic E-state index is 15.1. The Morgan fingerprint density at radius 3 is 2.29 bits per heavy atom. The Hall–Kier alpha value is -4.34. The average molecular weight is 664 g/mol. The number of rotatable bonds is 7. The van der Waals surface area contributed by atoms with Gasteiger partial charge in [0.25, 0.3) is 5.91 Å². The third kappa shape index (κ3) is 4.98. The first-order valence-electron chi connectivity index (χ1n) is 16.6. The molecule has 1 unspecified atom stereocenters. The predicted molar refractivity (Wildman–Crippen MR) is 189 cm³/mol. The molecular formula is C39H41N3O5S. The summed E-state index contributed by atoms with van der Waals surface area (Å²) >= 11 is 1.54. The molecule has 4 heterocycles. The van der Waals surface area contributed by atoms with Gasteiger partial charge in [-0.3, -0.25) is 14.4 Å². The van der Waals surface area contributed by atoms with Gasteiger partial charge in [-0.25, -0.2) is 0 Å². The number of nitrogens with zero attached hydrogens (tertiary/aromatic N) is 3. The number of carbonyl (C=O) groups is 3. The molecule has 3 aromatic rings. The molecule has 2 fully saturated rings. The highest BCUT2D eigenvalue weighted by Gasteiger charge is 2.74. The van der Waals surface area contributed by atoms with E-state index in [9.17, 15) is 9.90 Å². The van der Waals surface area contributed by atoms with Gasteiger partial charge in [0, 0.05) is 29.2 Å². The number of benzene rings is 3. The molecular weight excluding hydrogens is 623 g/mol. The summed E-state index contributed by atoms with van der Waals surface area (Å²) in [6.07, 6.45) is 8.07. The first-order valence-corrected chi connectivity index (χ1v) is 17.4. The summed E-state index contributed by atoms with van der Waals surface area (Å²) in [6.45, 7) is 8.78. The number of aliphatic hydroxyl groups is 1. The molecule has 0 aliphatic carbocycles. The van der Waals surface area contributed by atoms with E-state index in [2.05, 4.69) is 6.08 Å². The molecule has 3 aromatic carbocycles. The van der Waals surface area contributed by atoms with Gasteiger partial charge in [-0.2, -0.15) is 0 Å². The van der Waals surface area contributed by atoms with Crippen molar-refractivity contribution in [2.45, 2.75) is 49.3 Å².